The molecule has 168 valence electrons. The van der Waals surface area contributed by atoms with Gasteiger partial charge in [0.05, 0.1) is 0 Å². The molecule has 2 aliphatic rings. The van der Waals surface area contributed by atoms with Crippen molar-refractivity contribution in [3.63, 3.8) is 0 Å². The number of hydrogen-bond acceptors (Lipinski definition) is 3. The Hall–Kier alpha value is -1.51. The highest BCUT2D eigenvalue weighted by Crippen LogP contribution is 2.47. The molecule has 1 saturated carbocycles. The lowest BCUT2D eigenvalue weighted by atomic mass is 9.96. The highest BCUT2D eigenvalue weighted by Gasteiger charge is 2.44. The topological polar surface area (TPSA) is 66.0 Å². The molecule has 1 aliphatic heterocycles. The summed E-state index contributed by atoms with van der Waals surface area (Å²) in [4.78, 5) is 18.4. The van der Waals surface area contributed by atoms with Gasteiger partial charge in [0.25, 0.3) is 0 Å². The zero-order chi connectivity index (χ0) is 20.9. The van der Waals surface area contributed by atoms with Crippen molar-refractivity contribution in [3.8, 4) is 0 Å². The van der Waals surface area contributed by atoms with Gasteiger partial charge < -0.3 is 20.3 Å². The third-order valence-electron chi connectivity index (χ3n) is 5.88. The minimum Gasteiger partial charge on any atom is -0.444 e. The number of piperidine rings is 1. The van der Waals surface area contributed by atoms with Gasteiger partial charge in [-0.15, -0.1) is 24.0 Å². The van der Waals surface area contributed by atoms with Gasteiger partial charge in [-0.2, -0.15) is 0 Å². The molecular weight excluding hydrogens is 491 g/mol. The first kappa shape index (κ1) is 24.8. The number of amides is 1. The molecule has 2 fully saturated rings. The summed E-state index contributed by atoms with van der Waals surface area (Å²) < 4.78 is 5.48. The maximum atomic E-state index is 12.2. The number of aliphatic imine (C=N–C) groups is 1. The van der Waals surface area contributed by atoms with E-state index >= 15 is 0 Å². The standard InChI is InChI=1S/C23H36N4O2.HI/c1-22(2,3)29-21(28)27-14-10-18(11-15-27)16-25-20(24-4)26-17-23(12-13-23)19-8-6-5-7-9-19;/h5-9,18H,10-17H2,1-4H3,(H2,24,25,26);1H. The fourth-order valence-electron chi connectivity index (χ4n) is 3.87. The molecule has 0 bridgehead atoms. The van der Waals surface area contributed by atoms with Gasteiger partial charge in [0.2, 0.25) is 0 Å². The largest absolute Gasteiger partial charge is 0.444 e. The van der Waals surface area contributed by atoms with E-state index in [0.717, 1.165) is 45.0 Å². The summed E-state index contributed by atoms with van der Waals surface area (Å²) in [6.45, 7) is 9.01. The third kappa shape index (κ3) is 7.03. The molecule has 1 amide bonds. The third-order valence-corrected chi connectivity index (χ3v) is 5.88. The second-order valence-electron chi connectivity index (χ2n) is 9.36. The van der Waals surface area contributed by atoms with E-state index in [2.05, 4.69) is 46.0 Å². The van der Waals surface area contributed by atoms with Crippen LogP contribution in [-0.2, 0) is 10.2 Å². The van der Waals surface area contributed by atoms with E-state index in [4.69, 9.17) is 4.74 Å². The van der Waals surface area contributed by atoms with E-state index in [1.165, 1.54) is 18.4 Å². The monoisotopic (exact) mass is 528 g/mol. The number of hydrogen-bond donors (Lipinski definition) is 2. The minimum atomic E-state index is -0.438. The van der Waals surface area contributed by atoms with E-state index in [1.54, 1.807) is 0 Å². The normalized spacial score (nSPS) is 18.9. The molecule has 0 aromatic heterocycles. The van der Waals surface area contributed by atoms with Crippen LogP contribution in [0.1, 0.15) is 52.0 Å². The van der Waals surface area contributed by atoms with E-state index in [9.17, 15) is 4.79 Å². The number of nitrogens with zero attached hydrogens (tertiary/aromatic N) is 2. The number of guanidine groups is 1. The predicted molar refractivity (Wildman–Crippen MR) is 133 cm³/mol. The summed E-state index contributed by atoms with van der Waals surface area (Å²) in [5.74, 6) is 1.40. The Labute approximate surface area is 198 Å². The Morgan fingerprint density at radius 1 is 1.17 bits per heavy atom. The first-order valence-electron chi connectivity index (χ1n) is 10.8. The minimum absolute atomic E-state index is 0. The first-order valence-corrected chi connectivity index (χ1v) is 10.8. The molecular formula is C23H37IN4O2. The molecule has 2 N–H and O–H groups in total. The number of rotatable bonds is 5. The van der Waals surface area contributed by atoms with Crippen LogP contribution in [-0.4, -0.2) is 55.8 Å². The molecule has 6 nitrogen and oxygen atoms in total. The molecule has 0 unspecified atom stereocenters. The Morgan fingerprint density at radius 2 is 1.80 bits per heavy atom. The SMILES string of the molecule is CN=C(NCC1CCN(C(=O)OC(C)(C)C)CC1)NCC1(c2ccccc2)CC1.I. The fourth-order valence-corrected chi connectivity index (χ4v) is 3.87. The number of nitrogens with one attached hydrogen (secondary N) is 2. The van der Waals surface area contributed by atoms with E-state index in [-0.39, 0.29) is 35.5 Å². The van der Waals surface area contributed by atoms with Crippen molar-refractivity contribution in [1.82, 2.24) is 15.5 Å². The fraction of sp³-hybridized carbons (Fsp3) is 0.652. The second-order valence-corrected chi connectivity index (χ2v) is 9.36. The van der Waals surface area contributed by atoms with E-state index in [1.807, 2.05) is 32.7 Å². The maximum absolute atomic E-state index is 12.2. The van der Waals surface area contributed by atoms with Gasteiger partial charge in [-0.1, -0.05) is 30.3 Å². The van der Waals surface area contributed by atoms with Gasteiger partial charge in [0.15, 0.2) is 5.96 Å². The first-order chi connectivity index (χ1) is 13.8. The van der Waals surface area contributed by atoms with Crippen LogP contribution in [0, 0.1) is 5.92 Å². The molecule has 1 aromatic carbocycles. The number of likely N-dealkylation sites (tertiary alicyclic amines) is 1. The second kappa shape index (κ2) is 10.7. The summed E-state index contributed by atoms with van der Waals surface area (Å²) in [5.41, 5.74) is 1.24. The van der Waals surface area contributed by atoms with Gasteiger partial charge in [-0.3, -0.25) is 4.99 Å². The molecule has 30 heavy (non-hydrogen) atoms. The van der Waals surface area contributed by atoms with Crippen molar-refractivity contribution in [2.24, 2.45) is 10.9 Å². The van der Waals surface area contributed by atoms with Crippen molar-refractivity contribution in [3.05, 3.63) is 35.9 Å². The van der Waals surface area contributed by atoms with Crippen molar-refractivity contribution < 1.29 is 9.53 Å². The summed E-state index contributed by atoms with van der Waals surface area (Å²) in [6.07, 6.45) is 4.22. The molecule has 0 atom stereocenters. The lowest BCUT2D eigenvalue weighted by Crippen LogP contribution is -2.46. The average Bonchev–Trinajstić information content (AvgIpc) is 3.49. The van der Waals surface area contributed by atoms with Gasteiger partial charge in [-0.05, 0) is 57.9 Å². The van der Waals surface area contributed by atoms with E-state index in [0.29, 0.717) is 5.92 Å². The molecule has 1 saturated heterocycles. The quantitative estimate of drug-likeness (QED) is 0.343. The molecule has 1 aliphatic carbocycles. The number of halogens is 1. The van der Waals surface area contributed by atoms with Crippen molar-refractivity contribution in [1.29, 1.82) is 0 Å². The van der Waals surface area contributed by atoms with Crippen molar-refractivity contribution >= 4 is 36.0 Å². The highest BCUT2D eigenvalue weighted by molar-refractivity contribution is 14.0. The lowest BCUT2D eigenvalue weighted by Gasteiger charge is -2.33. The highest BCUT2D eigenvalue weighted by atomic mass is 127. The van der Waals surface area contributed by atoms with Crippen molar-refractivity contribution in [2.45, 2.75) is 57.5 Å². The Bertz CT molecular complexity index is 706. The van der Waals surface area contributed by atoms with Crippen LogP contribution in [0.4, 0.5) is 4.79 Å². The van der Waals surface area contributed by atoms with Crippen LogP contribution in [0.15, 0.2) is 35.3 Å². The van der Waals surface area contributed by atoms with Crippen LogP contribution >= 0.6 is 24.0 Å². The summed E-state index contributed by atoms with van der Waals surface area (Å²) in [5, 5.41) is 6.99. The number of ether oxygens (including phenoxy) is 1. The van der Waals surface area contributed by atoms with Crippen LogP contribution < -0.4 is 10.6 Å². The maximum Gasteiger partial charge on any atom is 0.410 e. The summed E-state index contributed by atoms with van der Waals surface area (Å²) in [6, 6.07) is 10.8. The van der Waals surface area contributed by atoms with Crippen LogP contribution in [0.25, 0.3) is 0 Å². The van der Waals surface area contributed by atoms with Gasteiger partial charge in [0.1, 0.15) is 5.60 Å². The number of carbonyl (C=O) groups is 1. The zero-order valence-electron chi connectivity index (χ0n) is 18.7. The molecule has 0 radical (unpaired) electrons. The van der Waals surface area contributed by atoms with Crippen LogP contribution in [0.2, 0.25) is 0 Å². The number of carbonyl (C=O) groups excluding carboxylic acids is 1. The molecule has 7 heteroatoms. The molecule has 1 aromatic rings. The molecule has 3 rings (SSSR count). The Morgan fingerprint density at radius 3 is 2.33 bits per heavy atom. The average molecular weight is 528 g/mol. The summed E-state index contributed by atoms with van der Waals surface area (Å²) >= 11 is 0. The van der Waals surface area contributed by atoms with E-state index < -0.39 is 5.60 Å². The number of benzene rings is 1. The molecule has 1 heterocycles. The van der Waals surface area contributed by atoms with Crippen molar-refractivity contribution in [2.75, 3.05) is 33.2 Å². The van der Waals surface area contributed by atoms with Crippen LogP contribution in [0.5, 0.6) is 0 Å². The lowest BCUT2D eigenvalue weighted by molar-refractivity contribution is 0.0185. The van der Waals surface area contributed by atoms with Gasteiger partial charge >= 0.3 is 6.09 Å². The Kier molecular flexibility index (Phi) is 8.82. The summed E-state index contributed by atoms with van der Waals surface area (Å²) in [7, 11) is 1.82. The van der Waals surface area contributed by atoms with Gasteiger partial charge in [0, 0.05) is 38.6 Å². The van der Waals surface area contributed by atoms with Gasteiger partial charge in [-0.25, -0.2) is 4.79 Å². The Balaban J connectivity index is 0.00000320. The zero-order valence-corrected chi connectivity index (χ0v) is 21.1. The predicted octanol–water partition coefficient (Wildman–Crippen LogP) is 4.15. The molecule has 0 spiro atoms. The van der Waals surface area contributed by atoms with Crippen LogP contribution in [0.3, 0.4) is 0 Å². The smallest absolute Gasteiger partial charge is 0.410 e.